The Hall–Kier alpha value is -1.68. The van der Waals surface area contributed by atoms with Crippen LogP contribution in [0.5, 0.6) is 0 Å². The van der Waals surface area contributed by atoms with E-state index in [1.807, 2.05) is 11.4 Å². The van der Waals surface area contributed by atoms with Crippen LogP contribution >= 0.6 is 11.3 Å². The van der Waals surface area contributed by atoms with Crippen LogP contribution in [0.15, 0.2) is 41.8 Å². The summed E-state index contributed by atoms with van der Waals surface area (Å²) in [7, 11) is 0. The van der Waals surface area contributed by atoms with E-state index < -0.39 is 18.2 Å². The first-order valence-corrected chi connectivity index (χ1v) is 6.09. The van der Waals surface area contributed by atoms with Gasteiger partial charge >= 0.3 is 5.97 Å². The summed E-state index contributed by atoms with van der Waals surface area (Å²) in [5, 5.41) is 1.85. The first-order valence-electron chi connectivity index (χ1n) is 5.21. The Labute approximate surface area is 102 Å². The van der Waals surface area contributed by atoms with E-state index >= 15 is 0 Å². The molecule has 1 aliphatic heterocycles. The van der Waals surface area contributed by atoms with Crippen molar-refractivity contribution in [3.63, 3.8) is 0 Å². The smallest absolute Gasteiger partial charge is 0.339 e. The zero-order valence-electron chi connectivity index (χ0n) is 8.85. The molecule has 0 N–H and O–H groups in total. The van der Waals surface area contributed by atoms with Crippen LogP contribution in [-0.2, 0) is 10.3 Å². The van der Waals surface area contributed by atoms with Crippen molar-refractivity contribution >= 4 is 17.3 Å². The Morgan fingerprint density at radius 2 is 2.06 bits per heavy atom. The van der Waals surface area contributed by atoms with Crippen LogP contribution in [0.1, 0.15) is 20.8 Å². The minimum Gasteiger partial charge on any atom is -0.442 e. The lowest BCUT2D eigenvalue weighted by Crippen LogP contribution is -2.29. The number of hydrogen-bond acceptors (Lipinski definition) is 3. The Balaban J connectivity index is 2.25. The summed E-state index contributed by atoms with van der Waals surface area (Å²) in [6.07, 6.45) is 0. The largest absolute Gasteiger partial charge is 0.442 e. The maximum absolute atomic E-state index is 13.5. The van der Waals surface area contributed by atoms with Crippen molar-refractivity contribution in [3.8, 4) is 0 Å². The monoisotopic (exact) mass is 248 g/mol. The molecule has 0 radical (unpaired) electrons. The highest BCUT2D eigenvalue weighted by Gasteiger charge is 2.47. The van der Waals surface area contributed by atoms with Gasteiger partial charge in [-0.3, -0.25) is 0 Å². The normalized spacial score (nSPS) is 22.3. The van der Waals surface area contributed by atoms with Crippen LogP contribution < -0.4 is 0 Å². The van der Waals surface area contributed by atoms with Gasteiger partial charge in [-0.05, 0) is 17.5 Å². The molecule has 2 heterocycles. The fraction of sp³-hybridized carbons (Fsp3) is 0.154. The molecule has 2 nitrogen and oxygen atoms in total. The third kappa shape index (κ3) is 1.34. The second-order valence-electron chi connectivity index (χ2n) is 3.87. The molecule has 1 atom stereocenters. The van der Waals surface area contributed by atoms with Gasteiger partial charge in [-0.2, -0.15) is 0 Å². The fourth-order valence-electron chi connectivity index (χ4n) is 2.14. The van der Waals surface area contributed by atoms with Gasteiger partial charge in [0.05, 0.1) is 10.4 Å². The number of halogens is 1. The number of cyclic esters (lactones) is 1. The molecule has 86 valence electrons. The summed E-state index contributed by atoms with van der Waals surface area (Å²) < 4.78 is 18.8. The maximum atomic E-state index is 13.5. The standard InChI is InChI=1S/C13H9FO2S/c14-8-13(11-6-3-7-17-11)10-5-2-1-4-9(10)12(15)16-13/h1-7H,8H2/t13-/m0/s1. The van der Waals surface area contributed by atoms with E-state index in [2.05, 4.69) is 0 Å². The van der Waals surface area contributed by atoms with Gasteiger partial charge in [0.1, 0.15) is 6.67 Å². The summed E-state index contributed by atoms with van der Waals surface area (Å²) in [4.78, 5) is 12.5. The molecule has 1 aromatic carbocycles. The second kappa shape index (κ2) is 3.67. The molecule has 4 heteroatoms. The highest BCUT2D eigenvalue weighted by Crippen LogP contribution is 2.43. The SMILES string of the molecule is O=C1O[C@](CF)(c2cccs2)c2ccccc21. The molecule has 0 aliphatic carbocycles. The van der Waals surface area contributed by atoms with Crippen molar-refractivity contribution < 1.29 is 13.9 Å². The molecule has 17 heavy (non-hydrogen) atoms. The predicted octanol–water partition coefficient (Wildman–Crippen LogP) is 3.13. The van der Waals surface area contributed by atoms with E-state index in [0.717, 1.165) is 4.88 Å². The summed E-state index contributed by atoms with van der Waals surface area (Å²) in [6, 6.07) is 10.6. The Morgan fingerprint density at radius 1 is 1.24 bits per heavy atom. The Morgan fingerprint density at radius 3 is 2.76 bits per heavy atom. The van der Waals surface area contributed by atoms with Gasteiger partial charge < -0.3 is 4.74 Å². The van der Waals surface area contributed by atoms with Crippen LogP contribution in [0.25, 0.3) is 0 Å². The third-order valence-electron chi connectivity index (χ3n) is 2.96. The van der Waals surface area contributed by atoms with Crippen molar-refractivity contribution in [2.45, 2.75) is 5.60 Å². The summed E-state index contributed by atoms with van der Waals surface area (Å²) in [6.45, 7) is -0.740. The lowest BCUT2D eigenvalue weighted by molar-refractivity contribution is 0.00199. The number of benzene rings is 1. The summed E-state index contributed by atoms with van der Waals surface area (Å²) in [5.74, 6) is -0.452. The summed E-state index contributed by atoms with van der Waals surface area (Å²) >= 11 is 1.39. The number of rotatable bonds is 2. The minimum atomic E-state index is -1.23. The molecule has 2 aromatic rings. The Bertz CT molecular complexity index is 565. The van der Waals surface area contributed by atoms with Gasteiger partial charge in [-0.1, -0.05) is 24.3 Å². The van der Waals surface area contributed by atoms with Crippen LogP contribution in [0, 0.1) is 0 Å². The van der Waals surface area contributed by atoms with Crippen LogP contribution in [0.4, 0.5) is 4.39 Å². The van der Waals surface area contributed by atoms with Crippen LogP contribution in [0.2, 0.25) is 0 Å². The predicted molar refractivity (Wildman–Crippen MR) is 62.9 cm³/mol. The van der Waals surface area contributed by atoms with E-state index in [9.17, 15) is 9.18 Å². The molecule has 0 unspecified atom stereocenters. The van der Waals surface area contributed by atoms with E-state index in [0.29, 0.717) is 11.1 Å². The van der Waals surface area contributed by atoms with Gasteiger partial charge in [0.25, 0.3) is 0 Å². The fourth-order valence-corrected chi connectivity index (χ4v) is 3.00. The van der Waals surface area contributed by atoms with Crippen molar-refractivity contribution in [1.82, 2.24) is 0 Å². The zero-order chi connectivity index (χ0) is 11.9. The lowest BCUT2D eigenvalue weighted by Gasteiger charge is -2.24. The number of carbonyl (C=O) groups excluding carboxylic acids is 1. The number of ether oxygens (including phenoxy) is 1. The molecule has 0 saturated carbocycles. The highest BCUT2D eigenvalue weighted by atomic mass is 32.1. The van der Waals surface area contributed by atoms with Crippen molar-refractivity contribution in [2.24, 2.45) is 0 Å². The van der Waals surface area contributed by atoms with Gasteiger partial charge in [0.15, 0.2) is 0 Å². The Kier molecular flexibility index (Phi) is 2.26. The van der Waals surface area contributed by atoms with E-state index in [1.54, 1.807) is 30.3 Å². The van der Waals surface area contributed by atoms with Gasteiger partial charge in [-0.15, -0.1) is 11.3 Å². The molecule has 0 fully saturated rings. The maximum Gasteiger partial charge on any atom is 0.339 e. The number of alkyl halides is 1. The third-order valence-corrected chi connectivity index (χ3v) is 3.97. The lowest BCUT2D eigenvalue weighted by atomic mass is 9.92. The average Bonchev–Trinajstić information content (AvgIpc) is 2.97. The van der Waals surface area contributed by atoms with Crippen LogP contribution in [0.3, 0.4) is 0 Å². The van der Waals surface area contributed by atoms with E-state index in [4.69, 9.17) is 4.74 Å². The molecule has 0 amide bonds. The average molecular weight is 248 g/mol. The molecule has 0 saturated heterocycles. The van der Waals surface area contributed by atoms with Crippen molar-refractivity contribution in [3.05, 3.63) is 57.8 Å². The minimum absolute atomic E-state index is 0.452. The van der Waals surface area contributed by atoms with Gasteiger partial charge in [0, 0.05) is 5.56 Å². The first kappa shape index (κ1) is 10.5. The molecular formula is C13H9FO2S. The highest BCUT2D eigenvalue weighted by molar-refractivity contribution is 7.10. The number of carbonyl (C=O) groups is 1. The molecular weight excluding hydrogens is 239 g/mol. The zero-order valence-corrected chi connectivity index (χ0v) is 9.67. The van der Waals surface area contributed by atoms with Crippen LogP contribution in [-0.4, -0.2) is 12.6 Å². The number of hydrogen-bond donors (Lipinski definition) is 0. The van der Waals surface area contributed by atoms with Gasteiger partial charge in [0.2, 0.25) is 5.60 Å². The molecule has 0 bridgehead atoms. The molecule has 1 aromatic heterocycles. The van der Waals surface area contributed by atoms with E-state index in [1.165, 1.54) is 11.3 Å². The topological polar surface area (TPSA) is 26.3 Å². The van der Waals surface area contributed by atoms with Crippen molar-refractivity contribution in [1.29, 1.82) is 0 Å². The number of esters is 1. The second-order valence-corrected chi connectivity index (χ2v) is 4.82. The molecule has 3 rings (SSSR count). The summed E-state index contributed by atoms with van der Waals surface area (Å²) in [5.41, 5.74) is -0.157. The first-order chi connectivity index (χ1) is 8.28. The molecule has 0 spiro atoms. The van der Waals surface area contributed by atoms with E-state index in [-0.39, 0.29) is 0 Å². The number of fused-ring (bicyclic) bond motifs is 1. The molecule has 1 aliphatic rings. The quantitative estimate of drug-likeness (QED) is 0.763. The number of thiophene rings is 1. The van der Waals surface area contributed by atoms with Gasteiger partial charge in [-0.25, -0.2) is 9.18 Å². The van der Waals surface area contributed by atoms with Crippen molar-refractivity contribution in [2.75, 3.05) is 6.67 Å².